The summed E-state index contributed by atoms with van der Waals surface area (Å²) in [5.41, 5.74) is 0. The molecule has 1 aliphatic rings. The van der Waals surface area contributed by atoms with Crippen LogP contribution >= 0.6 is 23.2 Å². The Morgan fingerprint density at radius 1 is 1.53 bits per heavy atom. The molecule has 1 aromatic rings. The highest BCUT2D eigenvalue weighted by Gasteiger charge is 2.24. The second-order valence-electron chi connectivity index (χ2n) is 3.77. The second kappa shape index (κ2) is 4.99. The van der Waals surface area contributed by atoms with Crippen LogP contribution in [0.25, 0.3) is 0 Å². The molecule has 1 saturated heterocycles. The summed E-state index contributed by atoms with van der Waals surface area (Å²) in [5.74, 6) is 2.26. The highest BCUT2D eigenvalue weighted by atomic mass is 35.5. The number of hydrogen-bond donors (Lipinski definition) is 0. The minimum atomic E-state index is 0.629. The van der Waals surface area contributed by atoms with Crippen LogP contribution in [-0.4, -0.2) is 28.9 Å². The molecule has 0 saturated carbocycles. The van der Waals surface area contributed by atoms with E-state index in [4.69, 9.17) is 23.2 Å². The zero-order valence-corrected chi connectivity index (χ0v) is 9.88. The van der Waals surface area contributed by atoms with Crippen LogP contribution in [0.3, 0.4) is 0 Å². The van der Waals surface area contributed by atoms with Crippen LogP contribution in [-0.2, 0) is 0 Å². The van der Waals surface area contributed by atoms with Crippen LogP contribution < -0.4 is 4.90 Å². The third kappa shape index (κ3) is 2.52. The topological polar surface area (TPSA) is 29.0 Å². The molecule has 5 heteroatoms. The molecule has 1 fully saturated rings. The van der Waals surface area contributed by atoms with Gasteiger partial charge in [0, 0.05) is 19.0 Å². The molecule has 1 aromatic heterocycles. The molecular formula is C10H13Cl2N3. The van der Waals surface area contributed by atoms with E-state index in [0.717, 1.165) is 31.2 Å². The Morgan fingerprint density at radius 3 is 3.13 bits per heavy atom. The number of rotatable bonds is 3. The SMILES string of the molecule is ClCCC1CCN(c2ncncc2Cl)C1. The zero-order chi connectivity index (χ0) is 10.7. The average Bonchev–Trinajstić information content (AvgIpc) is 2.68. The Morgan fingerprint density at radius 2 is 2.40 bits per heavy atom. The molecule has 3 nitrogen and oxygen atoms in total. The van der Waals surface area contributed by atoms with Gasteiger partial charge in [-0.05, 0) is 18.8 Å². The Kier molecular flexibility index (Phi) is 3.65. The van der Waals surface area contributed by atoms with E-state index < -0.39 is 0 Å². The van der Waals surface area contributed by atoms with E-state index in [1.54, 1.807) is 6.20 Å². The minimum absolute atomic E-state index is 0.629. The van der Waals surface area contributed by atoms with Crippen LogP contribution in [0.15, 0.2) is 12.5 Å². The van der Waals surface area contributed by atoms with Crippen molar-refractivity contribution >= 4 is 29.0 Å². The monoisotopic (exact) mass is 245 g/mol. The molecule has 15 heavy (non-hydrogen) atoms. The van der Waals surface area contributed by atoms with Crippen molar-refractivity contribution in [3.05, 3.63) is 17.5 Å². The lowest BCUT2D eigenvalue weighted by atomic mass is 10.1. The summed E-state index contributed by atoms with van der Waals surface area (Å²) in [6, 6.07) is 0. The Labute approximate surface area is 99.4 Å². The van der Waals surface area contributed by atoms with Crippen LogP contribution in [0.4, 0.5) is 5.82 Å². The minimum Gasteiger partial charge on any atom is -0.355 e. The lowest BCUT2D eigenvalue weighted by Crippen LogP contribution is -2.21. The summed E-state index contributed by atoms with van der Waals surface area (Å²) in [6.45, 7) is 2.02. The molecule has 2 rings (SSSR count). The van der Waals surface area contributed by atoms with Crippen molar-refractivity contribution in [2.45, 2.75) is 12.8 Å². The summed E-state index contributed by atoms with van der Waals surface area (Å²) < 4.78 is 0. The highest BCUT2D eigenvalue weighted by Crippen LogP contribution is 2.28. The number of aromatic nitrogens is 2. The van der Waals surface area contributed by atoms with Crippen molar-refractivity contribution in [1.29, 1.82) is 0 Å². The van der Waals surface area contributed by atoms with Gasteiger partial charge in [-0.1, -0.05) is 11.6 Å². The zero-order valence-electron chi connectivity index (χ0n) is 8.37. The van der Waals surface area contributed by atoms with E-state index in [0.29, 0.717) is 10.9 Å². The van der Waals surface area contributed by atoms with Crippen LogP contribution in [0, 0.1) is 5.92 Å². The third-order valence-electron chi connectivity index (χ3n) is 2.75. The largest absolute Gasteiger partial charge is 0.355 e. The molecule has 82 valence electrons. The van der Waals surface area contributed by atoms with Crippen LogP contribution in [0.1, 0.15) is 12.8 Å². The van der Waals surface area contributed by atoms with E-state index in [1.807, 2.05) is 0 Å². The maximum absolute atomic E-state index is 6.04. The van der Waals surface area contributed by atoms with E-state index in [-0.39, 0.29) is 0 Å². The molecule has 0 bridgehead atoms. The Balaban J connectivity index is 2.04. The van der Waals surface area contributed by atoms with Gasteiger partial charge in [-0.15, -0.1) is 11.6 Å². The van der Waals surface area contributed by atoms with Crippen molar-refractivity contribution in [3.8, 4) is 0 Å². The molecule has 1 atom stereocenters. The summed E-state index contributed by atoms with van der Waals surface area (Å²) in [4.78, 5) is 10.3. The van der Waals surface area contributed by atoms with Gasteiger partial charge in [-0.25, -0.2) is 9.97 Å². The molecule has 0 spiro atoms. The predicted octanol–water partition coefficient (Wildman–Crippen LogP) is 2.59. The van der Waals surface area contributed by atoms with Gasteiger partial charge in [0.05, 0.1) is 6.20 Å². The number of nitrogens with zero attached hydrogens (tertiary/aromatic N) is 3. The van der Waals surface area contributed by atoms with Crippen molar-refractivity contribution in [3.63, 3.8) is 0 Å². The van der Waals surface area contributed by atoms with E-state index in [1.165, 1.54) is 12.7 Å². The first kappa shape index (κ1) is 11.0. The van der Waals surface area contributed by atoms with Crippen LogP contribution in [0.2, 0.25) is 5.02 Å². The molecule has 0 N–H and O–H groups in total. The Bertz CT molecular complexity index is 332. The summed E-state index contributed by atoms with van der Waals surface area (Å²) in [6.07, 6.45) is 5.42. The molecule has 0 aliphatic carbocycles. The van der Waals surface area contributed by atoms with Crippen molar-refractivity contribution in [2.24, 2.45) is 5.92 Å². The van der Waals surface area contributed by atoms with Gasteiger partial charge >= 0.3 is 0 Å². The first-order valence-electron chi connectivity index (χ1n) is 5.07. The predicted molar refractivity (Wildman–Crippen MR) is 62.7 cm³/mol. The fourth-order valence-electron chi connectivity index (χ4n) is 1.95. The quantitative estimate of drug-likeness (QED) is 0.767. The molecule has 0 radical (unpaired) electrons. The van der Waals surface area contributed by atoms with Gasteiger partial charge in [-0.2, -0.15) is 0 Å². The fraction of sp³-hybridized carbons (Fsp3) is 0.600. The van der Waals surface area contributed by atoms with Gasteiger partial charge in [0.2, 0.25) is 0 Å². The summed E-state index contributed by atoms with van der Waals surface area (Å²) >= 11 is 11.8. The summed E-state index contributed by atoms with van der Waals surface area (Å²) in [5, 5.41) is 0.629. The first-order chi connectivity index (χ1) is 7.31. The Hall–Kier alpha value is -0.540. The fourth-order valence-corrected chi connectivity index (χ4v) is 2.49. The van der Waals surface area contributed by atoms with E-state index in [2.05, 4.69) is 14.9 Å². The van der Waals surface area contributed by atoms with Gasteiger partial charge in [0.25, 0.3) is 0 Å². The molecule has 1 unspecified atom stereocenters. The second-order valence-corrected chi connectivity index (χ2v) is 4.56. The third-order valence-corrected chi connectivity index (χ3v) is 3.24. The smallest absolute Gasteiger partial charge is 0.150 e. The average molecular weight is 246 g/mol. The maximum Gasteiger partial charge on any atom is 0.150 e. The molecule has 1 aliphatic heterocycles. The molecule has 2 heterocycles. The highest BCUT2D eigenvalue weighted by molar-refractivity contribution is 6.32. The molecule has 0 aromatic carbocycles. The van der Waals surface area contributed by atoms with Crippen molar-refractivity contribution in [1.82, 2.24) is 9.97 Å². The van der Waals surface area contributed by atoms with Crippen LogP contribution in [0.5, 0.6) is 0 Å². The van der Waals surface area contributed by atoms with Crippen molar-refractivity contribution < 1.29 is 0 Å². The number of halogens is 2. The van der Waals surface area contributed by atoms with Gasteiger partial charge in [0.1, 0.15) is 11.3 Å². The van der Waals surface area contributed by atoms with Gasteiger partial charge in [0.15, 0.2) is 5.82 Å². The maximum atomic E-state index is 6.04. The number of hydrogen-bond acceptors (Lipinski definition) is 3. The van der Waals surface area contributed by atoms with E-state index >= 15 is 0 Å². The van der Waals surface area contributed by atoms with Crippen molar-refractivity contribution in [2.75, 3.05) is 23.9 Å². The standard InChI is InChI=1S/C10H13Cl2N3/c11-3-1-8-2-4-15(6-8)10-9(12)5-13-7-14-10/h5,7-8H,1-4,6H2. The van der Waals surface area contributed by atoms with Gasteiger partial charge in [-0.3, -0.25) is 0 Å². The number of alkyl halides is 1. The number of anilines is 1. The van der Waals surface area contributed by atoms with E-state index in [9.17, 15) is 0 Å². The lowest BCUT2D eigenvalue weighted by molar-refractivity contribution is 0.572. The van der Waals surface area contributed by atoms with Gasteiger partial charge < -0.3 is 4.90 Å². The molecule has 0 amide bonds. The first-order valence-corrected chi connectivity index (χ1v) is 5.99. The lowest BCUT2D eigenvalue weighted by Gasteiger charge is -2.17. The summed E-state index contributed by atoms with van der Waals surface area (Å²) in [7, 11) is 0. The molecular weight excluding hydrogens is 233 g/mol. The normalized spacial score (nSPS) is 20.9.